The van der Waals surface area contributed by atoms with Gasteiger partial charge in [0.15, 0.2) is 5.82 Å². The molecule has 1 aliphatic heterocycles. The van der Waals surface area contributed by atoms with Crippen LogP contribution in [0.25, 0.3) is 0 Å². The van der Waals surface area contributed by atoms with Gasteiger partial charge in [-0.05, 0) is 27.2 Å². The number of nitrogen functional groups attached to an aromatic ring is 1. The number of nitrogens with zero attached hydrogens (tertiary/aromatic N) is 3. The average Bonchev–Trinajstić information content (AvgIpc) is 2.91. The van der Waals surface area contributed by atoms with Gasteiger partial charge in [0, 0.05) is 26.7 Å². The van der Waals surface area contributed by atoms with Crippen molar-refractivity contribution in [2.45, 2.75) is 33.7 Å². The molecule has 1 fully saturated rings. The summed E-state index contributed by atoms with van der Waals surface area (Å²) in [4.78, 5) is 14.1. The molecule has 1 saturated heterocycles. The summed E-state index contributed by atoms with van der Waals surface area (Å²) in [6, 6.07) is 0. The van der Waals surface area contributed by atoms with Crippen LogP contribution >= 0.6 is 0 Å². The third kappa shape index (κ3) is 2.15. The molecular formula is C13H23N5O. The van der Waals surface area contributed by atoms with Crippen molar-refractivity contribution in [2.24, 2.45) is 5.41 Å². The Morgan fingerprint density at radius 2 is 2.26 bits per heavy atom. The molecule has 0 aliphatic carbocycles. The van der Waals surface area contributed by atoms with E-state index >= 15 is 0 Å². The van der Waals surface area contributed by atoms with Gasteiger partial charge in [0.05, 0.1) is 16.8 Å². The van der Waals surface area contributed by atoms with Crippen LogP contribution in [0.3, 0.4) is 0 Å². The molecule has 0 bridgehead atoms. The van der Waals surface area contributed by atoms with Crippen molar-refractivity contribution in [3.05, 3.63) is 5.69 Å². The van der Waals surface area contributed by atoms with Crippen LogP contribution in [-0.4, -0.2) is 35.8 Å². The Balaban J connectivity index is 2.29. The lowest BCUT2D eigenvalue weighted by Crippen LogP contribution is -2.39. The van der Waals surface area contributed by atoms with Crippen LogP contribution in [0.4, 0.5) is 11.5 Å². The first-order valence-electron chi connectivity index (χ1n) is 6.73. The number of aryl methyl sites for hydroxylation is 2. The van der Waals surface area contributed by atoms with Gasteiger partial charge in [-0.15, -0.1) is 0 Å². The number of hydrogen-bond acceptors (Lipinski definition) is 4. The molecule has 0 spiro atoms. The van der Waals surface area contributed by atoms with Gasteiger partial charge >= 0.3 is 0 Å². The van der Waals surface area contributed by atoms with Crippen molar-refractivity contribution in [3.63, 3.8) is 0 Å². The minimum Gasteiger partial charge on any atom is -0.394 e. The summed E-state index contributed by atoms with van der Waals surface area (Å²) in [6.45, 7) is 8.26. The molecule has 2 rings (SSSR count). The molecule has 106 valence electrons. The maximum atomic E-state index is 12.0. The molecule has 19 heavy (non-hydrogen) atoms. The molecule has 0 aromatic carbocycles. The van der Waals surface area contributed by atoms with Crippen molar-refractivity contribution >= 4 is 17.4 Å². The largest absolute Gasteiger partial charge is 0.394 e. The Bertz CT molecular complexity index is 495. The van der Waals surface area contributed by atoms with Crippen molar-refractivity contribution in [3.8, 4) is 0 Å². The number of hydrogen-bond donors (Lipinski definition) is 2. The van der Waals surface area contributed by atoms with Crippen LogP contribution in [-0.2, 0) is 11.3 Å². The summed E-state index contributed by atoms with van der Waals surface area (Å²) in [6.07, 6.45) is 0.833. The highest BCUT2D eigenvalue weighted by molar-refractivity contribution is 5.84. The molecule has 1 aromatic heterocycles. The number of carbonyl (C=O) groups excluding carboxylic acids is 1. The van der Waals surface area contributed by atoms with Crippen LogP contribution in [0.5, 0.6) is 0 Å². The van der Waals surface area contributed by atoms with Gasteiger partial charge in [-0.3, -0.25) is 4.79 Å². The Labute approximate surface area is 113 Å². The van der Waals surface area contributed by atoms with Gasteiger partial charge in [0.2, 0.25) is 5.91 Å². The summed E-state index contributed by atoms with van der Waals surface area (Å²) < 4.78 is 1.92. The van der Waals surface area contributed by atoms with E-state index in [0.29, 0.717) is 6.54 Å². The zero-order chi connectivity index (χ0) is 14.2. The first-order chi connectivity index (χ1) is 8.92. The molecule has 0 saturated carbocycles. The summed E-state index contributed by atoms with van der Waals surface area (Å²) in [7, 11) is 1.69. The van der Waals surface area contributed by atoms with E-state index in [0.717, 1.165) is 36.7 Å². The van der Waals surface area contributed by atoms with E-state index in [1.807, 2.05) is 25.5 Å². The molecule has 1 atom stereocenters. The first kappa shape index (κ1) is 13.7. The molecule has 1 aliphatic rings. The molecule has 1 aromatic rings. The summed E-state index contributed by atoms with van der Waals surface area (Å²) in [5, 5.41) is 7.18. The fraction of sp³-hybridized carbons (Fsp3) is 0.692. The maximum Gasteiger partial charge on any atom is 0.227 e. The average molecular weight is 265 g/mol. The standard InChI is InChI=1S/C13H23N5O/c1-5-18-11(10(14)9(2)16-18)17-7-6-13(3,8-17)12(19)15-4/h5-8,14H2,1-4H3,(H,15,19). The zero-order valence-electron chi connectivity index (χ0n) is 12.2. The SMILES string of the molecule is CCn1nc(C)c(N)c1N1CCC(C)(C(=O)NC)C1. The predicted octanol–water partition coefficient (Wildman–Crippen LogP) is 0.756. The summed E-state index contributed by atoms with van der Waals surface area (Å²) >= 11 is 0. The molecule has 0 radical (unpaired) electrons. The molecule has 6 nitrogen and oxygen atoms in total. The number of aromatic nitrogens is 2. The van der Waals surface area contributed by atoms with Crippen LogP contribution in [0.1, 0.15) is 26.0 Å². The van der Waals surface area contributed by atoms with Crippen LogP contribution in [0.15, 0.2) is 0 Å². The molecule has 1 amide bonds. The first-order valence-corrected chi connectivity index (χ1v) is 6.73. The monoisotopic (exact) mass is 265 g/mol. The number of carbonyl (C=O) groups is 1. The van der Waals surface area contributed by atoms with Gasteiger partial charge in [0.1, 0.15) is 0 Å². The quantitative estimate of drug-likeness (QED) is 0.846. The topological polar surface area (TPSA) is 76.2 Å². The number of amides is 1. The maximum absolute atomic E-state index is 12.0. The number of nitrogens with one attached hydrogen (secondary N) is 1. The Kier molecular flexibility index (Phi) is 3.43. The normalized spacial score (nSPS) is 22.8. The number of anilines is 2. The van der Waals surface area contributed by atoms with Crippen molar-refractivity contribution in [1.82, 2.24) is 15.1 Å². The Hall–Kier alpha value is -1.72. The third-order valence-corrected chi connectivity index (χ3v) is 3.99. The number of rotatable bonds is 3. The molecule has 1 unspecified atom stereocenters. The predicted molar refractivity (Wildman–Crippen MR) is 76.1 cm³/mol. The van der Waals surface area contributed by atoms with Crippen LogP contribution < -0.4 is 16.0 Å². The van der Waals surface area contributed by atoms with E-state index in [1.54, 1.807) is 7.05 Å². The fourth-order valence-corrected chi connectivity index (χ4v) is 2.77. The second-order valence-electron chi connectivity index (χ2n) is 5.45. The van der Waals surface area contributed by atoms with E-state index < -0.39 is 0 Å². The van der Waals surface area contributed by atoms with Crippen LogP contribution in [0, 0.1) is 12.3 Å². The summed E-state index contributed by atoms with van der Waals surface area (Å²) in [5.41, 5.74) is 7.36. The van der Waals surface area contributed by atoms with Gasteiger partial charge in [0.25, 0.3) is 0 Å². The molecule has 3 N–H and O–H groups in total. The van der Waals surface area contributed by atoms with E-state index in [9.17, 15) is 4.79 Å². The van der Waals surface area contributed by atoms with Crippen molar-refractivity contribution in [1.29, 1.82) is 0 Å². The van der Waals surface area contributed by atoms with Gasteiger partial charge in [-0.1, -0.05) is 0 Å². The van der Waals surface area contributed by atoms with E-state index in [-0.39, 0.29) is 11.3 Å². The van der Waals surface area contributed by atoms with Crippen molar-refractivity contribution < 1.29 is 4.79 Å². The van der Waals surface area contributed by atoms with Gasteiger partial charge in [-0.25, -0.2) is 4.68 Å². The van der Waals surface area contributed by atoms with Crippen molar-refractivity contribution in [2.75, 3.05) is 30.8 Å². The van der Waals surface area contributed by atoms with Gasteiger partial charge < -0.3 is 16.0 Å². The lowest BCUT2D eigenvalue weighted by Gasteiger charge is -2.24. The molecule has 2 heterocycles. The minimum atomic E-state index is -0.349. The lowest BCUT2D eigenvalue weighted by atomic mass is 9.89. The van der Waals surface area contributed by atoms with E-state index in [2.05, 4.69) is 15.3 Å². The molecular weight excluding hydrogens is 242 g/mol. The van der Waals surface area contributed by atoms with Gasteiger partial charge in [-0.2, -0.15) is 5.10 Å². The summed E-state index contributed by atoms with van der Waals surface area (Å²) in [5.74, 6) is 1.04. The Morgan fingerprint density at radius 1 is 1.58 bits per heavy atom. The highest BCUT2D eigenvalue weighted by Gasteiger charge is 2.41. The Morgan fingerprint density at radius 3 is 2.84 bits per heavy atom. The number of nitrogens with two attached hydrogens (primary N) is 1. The third-order valence-electron chi connectivity index (χ3n) is 3.99. The second-order valence-corrected chi connectivity index (χ2v) is 5.45. The highest BCUT2D eigenvalue weighted by atomic mass is 16.2. The van der Waals surface area contributed by atoms with E-state index in [1.165, 1.54) is 0 Å². The minimum absolute atomic E-state index is 0.0906. The second kappa shape index (κ2) is 4.75. The zero-order valence-corrected chi connectivity index (χ0v) is 12.2. The van der Waals surface area contributed by atoms with E-state index in [4.69, 9.17) is 5.73 Å². The lowest BCUT2D eigenvalue weighted by molar-refractivity contribution is -0.128. The van der Waals surface area contributed by atoms with Crippen LogP contribution in [0.2, 0.25) is 0 Å². The molecule has 6 heteroatoms. The smallest absolute Gasteiger partial charge is 0.227 e. The fourth-order valence-electron chi connectivity index (χ4n) is 2.77. The highest BCUT2D eigenvalue weighted by Crippen LogP contribution is 2.36.